The second kappa shape index (κ2) is 13.0. The maximum atomic E-state index is 12.2. The molecule has 1 aromatic heterocycles. The van der Waals surface area contributed by atoms with E-state index in [1.165, 1.54) is 0 Å². The summed E-state index contributed by atoms with van der Waals surface area (Å²) < 4.78 is 0. The summed E-state index contributed by atoms with van der Waals surface area (Å²) >= 11 is 0. The van der Waals surface area contributed by atoms with Crippen molar-refractivity contribution in [3.05, 3.63) is 59.9 Å². The standard InChI is InChI=1S/C20H25N5O2.2ClH/c26-19(18-6-1-2-9-22-18)23-14-16-4-3-5-17(12-16)25-20(27)24-13-15-7-10-21-11-8-15;;/h3-5,7-8,10-12,18,22H,1-2,6,9,13-14H2,(H,23,26)(H2,24,25,27);2*1H/t18-;;/m1../s1. The summed E-state index contributed by atoms with van der Waals surface area (Å²) in [7, 11) is 0. The Morgan fingerprint density at radius 2 is 1.76 bits per heavy atom. The molecule has 0 unspecified atom stereocenters. The molecule has 2 aromatic rings. The van der Waals surface area contributed by atoms with Gasteiger partial charge in [-0.25, -0.2) is 4.79 Å². The number of anilines is 1. The van der Waals surface area contributed by atoms with Crippen LogP contribution in [0.2, 0.25) is 0 Å². The van der Waals surface area contributed by atoms with Crippen molar-refractivity contribution < 1.29 is 9.59 Å². The smallest absolute Gasteiger partial charge is 0.319 e. The van der Waals surface area contributed by atoms with Gasteiger partial charge in [0.25, 0.3) is 0 Å². The van der Waals surface area contributed by atoms with E-state index in [4.69, 9.17) is 0 Å². The van der Waals surface area contributed by atoms with Crippen LogP contribution in [0.1, 0.15) is 30.4 Å². The normalized spacial score (nSPS) is 15.2. The molecule has 1 atom stereocenters. The number of nitrogens with one attached hydrogen (secondary N) is 4. The number of hydrogen-bond acceptors (Lipinski definition) is 4. The molecule has 0 spiro atoms. The third-order valence-electron chi connectivity index (χ3n) is 4.48. The topological polar surface area (TPSA) is 95.2 Å². The van der Waals surface area contributed by atoms with Crippen LogP contribution in [0.25, 0.3) is 0 Å². The van der Waals surface area contributed by atoms with Crippen molar-refractivity contribution in [1.82, 2.24) is 20.9 Å². The van der Waals surface area contributed by atoms with Gasteiger partial charge < -0.3 is 21.3 Å². The third-order valence-corrected chi connectivity index (χ3v) is 4.48. The van der Waals surface area contributed by atoms with E-state index in [0.717, 1.165) is 36.9 Å². The average Bonchev–Trinajstić information content (AvgIpc) is 2.72. The predicted molar refractivity (Wildman–Crippen MR) is 119 cm³/mol. The fourth-order valence-corrected chi connectivity index (χ4v) is 3.01. The van der Waals surface area contributed by atoms with Gasteiger partial charge >= 0.3 is 6.03 Å². The summed E-state index contributed by atoms with van der Waals surface area (Å²) in [5, 5.41) is 11.8. The van der Waals surface area contributed by atoms with Gasteiger partial charge in [0.15, 0.2) is 0 Å². The molecule has 1 aromatic carbocycles. The van der Waals surface area contributed by atoms with E-state index < -0.39 is 0 Å². The van der Waals surface area contributed by atoms with E-state index >= 15 is 0 Å². The molecule has 1 fully saturated rings. The molecule has 0 aliphatic carbocycles. The van der Waals surface area contributed by atoms with Crippen molar-refractivity contribution in [3.8, 4) is 0 Å². The summed E-state index contributed by atoms with van der Waals surface area (Å²) in [4.78, 5) is 28.2. The minimum absolute atomic E-state index is 0. The lowest BCUT2D eigenvalue weighted by atomic mass is 10.0. The highest BCUT2D eigenvalue weighted by Gasteiger charge is 2.19. The SMILES string of the molecule is Cl.Cl.O=C(NCc1ccncc1)Nc1cccc(CNC(=O)[C@H]2CCCCN2)c1. The van der Waals surface area contributed by atoms with Crippen LogP contribution >= 0.6 is 24.8 Å². The second-order valence-electron chi connectivity index (χ2n) is 6.58. The molecule has 3 rings (SSSR count). The van der Waals surface area contributed by atoms with Crippen LogP contribution in [0.4, 0.5) is 10.5 Å². The lowest BCUT2D eigenvalue weighted by Crippen LogP contribution is -2.46. The number of halogens is 2. The van der Waals surface area contributed by atoms with Gasteiger partial charge in [-0.2, -0.15) is 0 Å². The quantitative estimate of drug-likeness (QED) is 0.556. The summed E-state index contributed by atoms with van der Waals surface area (Å²) in [6, 6.07) is 10.8. The van der Waals surface area contributed by atoms with Crippen LogP contribution in [0.5, 0.6) is 0 Å². The van der Waals surface area contributed by atoms with E-state index in [1.807, 2.05) is 36.4 Å². The summed E-state index contributed by atoms with van der Waals surface area (Å²) in [6.45, 7) is 1.76. The Morgan fingerprint density at radius 1 is 1.00 bits per heavy atom. The highest BCUT2D eigenvalue weighted by Crippen LogP contribution is 2.11. The van der Waals surface area contributed by atoms with Gasteiger partial charge in [-0.1, -0.05) is 18.6 Å². The Kier molecular flexibility index (Phi) is 11.1. The first-order valence-electron chi connectivity index (χ1n) is 9.24. The number of piperidine rings is 1. The van der Waals surface area contributed by atoms with Crippen LogP contribution in [0.15, 0.2) is 48.8 Å². The number of carbonyl (C=O) groups is 2. The Bertz CT molecular complexity index is 770. The Morgan fingerprint density at radius 3 is 2.48 bits per heavy atom. The van der Waals surface area contributed by atoms with Crippen molar-refractivity contribution in [2.45, 2.75) is 38.4 Å². The monoisotopic (exact) mass is 439 g/mol. The molecule has 4 N–H and O–H groups in total. The van der Waals surface area contributed by atoms with Gasteiger partial charge in [-0.3, -0.25) is 9.78 Å². The van der Waals surface area contributed by atoms with Crippen LogP contribution in [-0.4, -0.2) is 29.5 Å². The highest BCUT2D eigenvalue weighted by atomic mass is 35.5. The van der Waals surface area contributed by atoms with Crippen LogP contribution in [-0.2, 0) is 17.9 Å². The van der Waals surface area contributed by atoms with Gasteiger partial charge in [-0.15, -0.1) is 24.8 Å². The van der Waals surface area contributed by atoms with Crippen LogP contribution in [0, 0.1) is 0 Å². The first-order valence-corrected chi connectivity index (χ1v) is 9.24. The maximum absolute atomic E-state index is 12.2. The Balaban J connectivity index is 0.00000210. The van der Waals surface area contributed by atoms with Gasteiger partial charge in [0.1, 0.15) is 0 Å². The Labute approximate surface area is 183 Å². The van der Waals surface area contributed by atoms with E-state index in [-0.39, 0.29) is 42.8 Å². The van der Waals surface area contributed by atoms with Crippen molar-refractivity contribution in [2.24, 2.45) is 0 Å². The number of nitrogens with zero attached hydrogens (tertiary/aromatic N) is 1. The molecular formula is C20H27Cl2N5O2. The van der Waals surface area contributed by atoms with Crippen molar-refractivity contribution in [2.75, 3.05) is 11.9 Å². The molecule has 3 amide bonds. The summed E-state index contributed by atoms with van der Waals surface area (Å²) in [5.74, 6) is 0.0307. The molecule has 158 valence electrons. The number of aromatic nitrogens is 1. The fraction of sp³-hybridized carbons (Fsp3) is 0.350. The lowest BCUT2D eigenvalue weighted by Gasteiger charge is -2.22. The largest absolute Gasteiger partial charge is 0.351 e. The van der Waals surface area contributed by atoms with E-state index in [0.29, 0.717) is 18.8 Å². The summed E-state index contributed by atoms with van der Waals surface area (Å²) in [6.07, 6.45) is 6.47. The van der Waals surface area contributed by atoms with Gasteiger partial charge in [0, 0.05) is 31.2 Å². The van der Waals surface area contributed by atoms with Crippen molar-refractivity contribution in [3.63, 3.8) is 0 Å². The number of urea groups is 1. The number of rotatable bonds is 6. The molecular weight excluding hydrogens is 413 g/mol. The lowest BCUT2D eigenvalue weighted by molar-refractivity contribution is -0.123. The van der Waals surface area contributed by atoms with Crippen molar-refractivity contribution >= 4 is 42.4 Å². The number of pyridine rings is 1. The van der Waals surface area contributed by atoms with Gasteiger partial charge in [-0.05, 0) is 54.8 Å². The van der Waals surface area contributed by atoms with Gasteiger partial charge in [0.05, 0.1) is 6.04 Å². The zero-order chi connectivity index (χ0) is 18.9. The maximum Gasteiger partial charge on any atom is 0.319 e. The first kappa shape index (κ1) is 24.7. The van der Waals surface area contributed by atoms with E-state index in [9.17, 15) is 9.59 Å². The molecule has 0 bridgehead atoms. The zero-order valence-corrected chi connectivity index (χ0v) is 17.7. The second-order valence-corrected chi connectivity index (χ2v) is 6.58. The van der Waals surface area contributed by atoms with Crippen LogP contribution < -0.4 is 21.3 Å². The Hall–Kier alpha value is -2.35. The van der Waals surface area contributed by atoms with E-state index in [1.54, 1.807) is 12.4 Å². The van der Waals surface area contributed by atoms with Crippen molar-refractivity contribution in [1.29, 1.82) is 0 Å². The van der Waals surface area contributed by atoms with Crippen LogP contribution in [0.3, 0.4) is 0 Å². The molecule has 1 aliphatic heterocycles. The minimum Gasteiger partial charge on any atom is -0.351 e. The third kappa shape index (κ3) is 8.27. The number of hydrogen-bond donors (Lipinski definition) is 4. The number of carbonyl (C=O) groups excluding carboxylic acids is 2. The zero-order valence-electron chi connectivity index (χ0n) is 16.0. The van der Waals surface area contributed by atoms with E-state index in [2.05, 4.69) is 26.3 Å². The molecule has 7 nitrogen and oxygen atoms in total. The fourth-order valence-electron chi connectivity index (χ4n) is 3.01. The molecule has 0 radical (unpaired) electrons. The minimum atomic E-state index is -0.278. The molecule has 1 saturated heterocycles. The molecule has 29 heavy (non-hydrogen) atoms. The molecule has 2 heterocycles. The number of amides is 3. The highest BCUT2D eigenvalue weighted by molar-refractivity contribution is 5.89. The average molecular weight is 440 g/mol. The predicted octanol–water partition coefficient (Wildman–Crippen LogP) is 3.01. The first-order chi connectivity index (χ1) is 13.2. The molecule has 0 saturated carbocycles. The number of benzene rings is 1. The summed E-state index contributed by atoms with van der Waals surface area (Å²) in [5.41, 5.74) is 2.60. The molecule has 9 heteroatoms. The molecule has 1 aliphatic rings. The van der Waals surface area contributed by atoms with Gasteiger partial charge in [0.2, 0.25) is 5.91 Å².